The van der Waals surface area contributed by atoms with Crippen LogP contribution in [0.2, 0.25) is 0 Å². The van der Waals surface area contributed by atoms with Crippen LogP contribution in [0.25, 0.3) is 0 Å². The Morgan fingerprint density at radius 2 is 2.00 bits per heavy atom. The Kier molecular flexibility index (Phi) is 3.61. The number of epoxide rings is 1. The van der Waals surface area contributed by atoms with Crippen molar-refractivity contribution in [1.29, 1.82) is 0 Å². The third kappa shape index (κ3) is 1.83. The number of hydrogen-bond acceptors (Lipinski definition) is 3. The summed E-state index contributed by atoms with van der Waals surface area (Å²) in [5.74, 6) is 0.710. The minimum absolute atomic E-state index is 0. The van der Waals surface area contributed by atoms with Gasteiger partial charge in [0.1, 0.15) is 0 Å². The van der Waals surface area contributed by atoms with E-state index in [2.05, 4.69) is 0 Å². The number of ether oxygens (including phenoxy) is 1. The second kappa shape index (κ2) is 3.54. The first-order valence-electron chi connectivity index (χ1n) is 2.95. The fourth-order valence-corrected chi connectivity index (χ4v) is 1.00. The van der Waals surface area contributed by atoms with Gasteiger partial charge in [0.25, 0.3) is 0 Å². The quantitative estimate of drug-likeness (QED) is 0.232. The molecule has 1 heterocycles. The fraction of sp³-hybridized carbons (Fsp3) is 0.833. The molecule has 0 unspecified atom stereocenters. The number of rotatable bonds is 2. The Balaban J connectivity index is 0.000000405. The van der Waals surface area contributed by atoms with Gasteiger partial charge in [0.15, 0.2) is 0 Å². The van der Waals surface area contributed by atoms with Gasteiger partial charge in [-0.15, -0.1) is 0 Å². The van der Waals surface area contributed by atoms with Gasteiger partial charge in [-0.1, -0.05) is 0 Å². The van der Waals surface area contributed by atoms with Crippen LogP contribution in [0.4, 0.5) is 0 Å². The summed E-state index contributed by atoms with van der Waals surface area (Å²) in [6, 6.07) is 0. The van der Waals surface area contributed by atoms with Gasteiger partial charge < -0.3 is 15.0 Å². The maximum atomic E-state index is 9.86. The molecule has 0 radical (unpaired) electrons. The van der Waals surface area contributed by atoms with E-state index in [4.69, 9.17) is 4.74 Å². The Morgan fingerprint density at radius 3 is 2.30 bits per heavy atom. The molecule has 0 aromatic rings. The Morgan fingerprint density at radius 1 is 1.40 bits per heavy atom. The zero-order valence-corrected chi connectivity index (χ0v) is 5.91. The third-order valence-corrected chi connectivity index (χ3v) is 1.73. The molecule has 4 heteroatoms. The first-order valence-corrected chi connectivity index (χ1v) is 2.95. The van der Waals surface area contributed by atoms with Crippen LogP contribution in [0.3, 0.4) is 0 Å². The van der Waals surface area contributed by atoms with Crippen LogP contribution in [0, 0.1) is 5.92 Å². The normalized spacial score (nSPS) is 35.2. The molecule has 0 spiro atoms. The molecular weight excluding hydrogens is 127 g/mol. The summed E-state index contributed by atoms with van der Waals surface area (Å²) in [6.45, 7) is 0. The van der Waals surface area contributed by atoms with Crippen molar-refractivity contribution < 1.29 is 33.9 Å². The third-order valence-electron chi connectivity index (χ3n) is 1.73. The van der Waals surface area contributed by atoms with E-state index >= 15 is 0 Å². The first kappa shape index (κ1) is 10.2. The number of carbonyl (C=O) groups excluding carboxylic acids is 1. The van der Waals surface area contributed by atoms with Crippen molar-refractivity contribution in [2.24, 2.45) is 5.92 Å². The van der Waals surface area contributed by atoms with Gasteiger partial charge in [-0.25, -0.2) is 6.29 Å². The predicted molar refractivity (Wildman–Crippen MR) is 29.0 cm³/mol. The van der Waals surface area contributed by atoms with E-state index in [0.717, 1.165) is 0 Å². The van der Waals surface area contributed by atoms with E-state index < -0.39 is 0 Å². The van der Waals surface area contributed by atoms with Crippen molar-refractivity contribution in [1.82, 2.24) is 0 Å². The van der Waals surface area contributed by atoms with Crippen LogP contribution in [-0.4, -0.2) is 24.0 Å². The van der Waals surface area contributed by atoms with Crippen LogP contribution >= 0.6 is 0 Å². The van der Waals surface area contributed by atoms with Crippen LogP contribution in [0.1, 0.15) is 12.8 Å². The maximum Gasteiger partial charge on any atom is 1.00 e. The molecule has 1 aliphatic heterocycles. The molecule has 10 heavy (non-hydrogen) atoms. The summed E-state index contributed by atoms with van der Waals surface area (Å²) >= 11 is 0. The Labute approximate surface area is 71.6 Å². The van der Waals surface area contributed by atoms with E-state index in [1.165, 1.54) is 12.8 Å². The molecule has 1 aliphatic carbocycles. The van der Waals surface area contributed by atoms with Gasteiger partial charge in [-0.3, -0.25) is 0 Å². The molecule has 2 atom stereocenters. The second-order valence-electron chi connectivity index (χ2n) is 2.48. The summed E-state index contributed by atoms with van der Waals surface area (Å²) in [6.07, 6.45) is 4.46. The van der Waals surface area contributed by atoms with Gasteiger partial charge >= 0.3 is 18.9 Å². The molecule has 3 nitrogen and oxygen atoms in total. The maximum absolute atomic E-state index is 9.86. The molecule has 0 bridgehead atoms. The van der Waals surface area contributed by atoms with Crippen molar-refractivity contribution in [2.45, 2.75) is 25.0 Å². The fourth-order valence-electron chi connectivity index (χ4n) is 1.00. The topological polar surface area (TPSA) is 59.6 Å². The zero-order chi connectivity index (χ0) is 5.56. The van der Waals surface area contributed by atoms with Crippen LogP contribution in [0.5, 0.6) is 0 Å². The van der Waals surface area contributed by atoms with Gasteiger partial charge in [0.05, 0.1) is 6.10 Å². The van der Waals surface area contributed by atoms with Crippen molar-refractivity contribution >= 4 is 6.29 Å². The monoisotopic (exact) mass is 135 g/mol. The van der Waals surface area contributed by atoms with Crippen molar-refractivity contribution in [3.63, 3.8) is 0 Å². The summed E-state index contributed by atoms with van der Waals surface area (Å²) in [5.41, 5.74) is 0. The molecule has 1 saturated carbocycles. The van der Waals surface area contributed by atoms with Crippen LogP contribution < -0.4 is 18.9 Å². The second-order valence-corrected chi connectivity index (χ2v) is 2.48. The average Bonchev–Trinajstić information content (AvgIpc) is 2.62. The van der Waals surface area contributed by atoms with Gasteiger partial charge in [0.2, 0.25) is 0 Å². The zero-order valence-electron chi connectivity index (χ0n) is 5.91. The summed E-state index contributed by atoms with van der Waals surface area (Å²) in [4.78, 5) is 9.86. The first-order chi connectivity index (χ1) is 3.92. The molecule has 0 aromatic heterocycles. The number of hydrogen-bond donors (Lipinski definition) is 0. The van der Waals surface area contributed by atoms with Crippen molar-refractivity contribution in [2.75, 3.05) is 0 Å². The van der Waals surface area contributed by atoms with Gasteiger partial charge in [-0.05, 0) is 24.9 Å². The SMILES string of the molecule is O=[C-][C@@H]1O[C@@H]1C1CC1.[Li+].[OH-]. The molecule has 1 saturated heterocycles. The smallest absolute Gasteiger partial charge is 0.870 e. The van der Waals surface area contributed by atoms with Crippen molar-refractivity contribution in [3.05, 3.63) is 0 Å². The van der Waals surface area contributed by atoms with E-state index in [9.17, 15) is 4.79 Å². The molecule has 2 aliphatic rings. The predicted octanol–water partition coefficient (Wildman–Crippen LogP) is -2.90. The minimum atomic E-state index is -0.150. The van der Waals surface area contributed by atoms with Crippen LogP contribution in [-0.2, 0) is 9.53 Å². The molecule has 52 valence electrons. The van der Waals surface area contributed by atoms with Crippen LogP contribution in [0.15, 0.2) is 0 Å². The summed E-state index contributed by atoms with van der Waals surface area (Å²) in [7, 11) is 0. The largest absolute Gasteiger partial charge is 1.00 e. The standard InChI is InChI=1S/C6H7O2.Li.H2O/c7-3-5-6(8-5)4-1-2-4;;/h4-6H,1-2H2;;1H2/q-1;+1;/p-1/t5-,6+;;/m0../s1. The van der Waals surface area contributed by atoms with Gasteiger partial charge in [-0.2, -0.15) is 0 Å². The van der Waals surface area contributed by atoms with E-state index in [1.807, 2.05) is 6.29 Å². The molecule has 2 rings (SSSR count). The molecule has 0 amide bonds. The van der Waals surface area contributed by atoms with E-state index in [-0.39, 0.29) is 36.5 Å². The van der Waals surface area contributed by atoms with E-state index in [0.29, 0.717) is 5.92 Å². The minimum Gasteiger partial charge on any atom is -0.870 e. The Bertz CT molecular complexity index is 124. The molecular formula is C6H8LiO3-. The van der Waals surface area contributed by atoms with Crippen molar-refractivity contribution in [3.8, 4) is 0 Å². The molecule has 2 fully saturated rings. The summed E-state index contributed by atoms with van der Waals surface area (Å²) < 4.78 is 4.97. The van der Waals surface area contributed by atoms with E-state index in [1.54, 1.807) is 0 Å². The molecule has 1 N–H and O–H groups in total. The average molecular weight is 135 g/mol. The summed E-state index contributed by atoms with van der Waals surface area (Å²) in [5, 5.41) is 0. The Hall–Kier alpha value is 0.187. The van der Waals surface area contributed by atoms with Gasteiger partial charge in [0, 0.05) is 0 Å². The molecule has 0 aromatic carbocycles.